The summed E-state index contributed by atoms with van der Waals surface area (Å²) in [6.45, 7) is 5.37. The molecular formula is C29H35N3O6S. The predicted molar refractivity (Wildman–Crippen MR) is 150 cm³/mol. The number of sulfonamides is 1. The molecule has 3 aromatic rings. The number of aryl methyl sites for hydroxylation is 1. The van der Waals surface area contributed by atoms with Crippen molar-refractivity contribution in [2.75, 3.05) is 31.6 Å². The van der Waals surface area contributed by atoms with Gasteiger partial charge in [0, 0.05) is 13.6 Å². The lowest BCUT2D eigenvalue weighted by Crippen LogP contribution is -2.50. The zero-order valence-corrected chi connectivity index (χ0v) is 23.7. The summed E-state index contributed by atoms with van der Waals surface area (Å²) in [5, 5.41) is 2.57. The van der Waals surface area contributed by atoms with Gasteiger partial charge in [0.2, 0.25) is 11.8 Å². The van der Waals surface area contributed by atoms with E-state index in [1.54, 1.807) is 74.7 Å². The SMILES string of the molecule is CCOc1ccc(N(CC(=O)N(Cc2ccc(OC)cc2)[C@H](C)C(=O)NC)S(=O)(=O)c2ccc(C)cc2)cc1. The Hall–Kier alpha value is -4.05. The highest BCUT2D eigenvalue weighted by atomic mass is 32.2. The van der Waals surface area contributed by atoms with E-state index in [0.29, 0.717) is 23.8 Å². The van der Waals surface area contributed by atoms with Gasteiger partial charge in [-0.2, -0.15) is 0 Å². The van der Waals surface area contributed by atoms with Gasteiger partial charge in [-0.1, -0.05) is 29.8 Å². The number of carbonyl (C=O) groups excluding carboxylic acids is 2. The topological polar surface area (TPSA) is 105 Å². The number of anilines is 1. The van der Waals surface area contributed by atoms with E-state index in [0.717, 1.165) is 15.4 Å². The van der Waals surface area contributed by atoms with Crippen LogP contribution in [0, 0.1) is 6.92 Å². The minimum absolute atomic E-state index is 0.0517. The molecule has 0 bridgehead atoms. The Labute approximate surface area is 230 Å². The number of nitrogens with zero attached hydrogens (tertiary/aromatic N) is 2. The molecule has 208 valence electrons. The number of ether oxygens (including phenoxy) is 2. The molecule has 0 unspecified atom stereocenters. The van der Waals surface area contributed by atoms with E-state index in [1.807, 2.05) is 13.8 Å². The number of hydrogen-bond donors (Lipinski definition) is 1. The van der Waals surface area contributed by atoms with Gasteiger partial charge in [-0.05, 0) is 74.9 Å². The number of hydrogen-bond acceptors (Lipinski definition) is 6. The van der Waals surface area contributed by atoms with Crippen molar-refractivity contribution >= 4 is 27.5 Å². The highest BCUT2D eigenvalue weighted by molar-refractivity contribution is 7.92. The maximum absolute atomic E-state index is 13.8. The van der Waals surface area contributed by atoms with Crippen LogP contribution in [0.3, 0.4) is 0 Å². The molecule has 10 heteroatoms. The van der Waals surface area contributed by atoms with Gasteiger partial charge in [0.1, 0.15) is 24.1 Å². The molecule has 9 nitrogen and oxygen atoms in total. The van der Waals surface area contributed by atoms with Crippen molar-refractivity contribution in [2.45, 2.75) is 38.3 Å². The average Bonchev–Trinajstić information content (AvgIpc) is 2.94. The molecule has 2 amide bonds. The van der Waals surface area contributed by atoms with Gasteiger partial charge in [0.25, 0.3) is 10.0 Å². The highest BCUT2D eigenvalue weighted by Crippen LogP contribution is 2.27. The summed E-state index contributed by atoms with van der Waals surface area (Å²) in [6, 6.07) is 19.2. The van der Waals surface area contributed by atoms with Crippen LogP contribution in [0.1, 0.15) is 25.0 Å². The standard InChI is InChI=1S/C29H35N3O6S/c1-6-38-26-15-11-24(12-16-26)32(39(35,36)27-17-7-21(2)8-18-27)20-28(33)31(22(3)29(34)30-4)19-23-9-13-25(37-5)14-10-23/h7-18,22H,6,19-20H2,1-5H3,(H,30,34)/t22-/m1/s1. The van der Waals surface area contributed by atoms with Gasteiger partial charge in [0.15, 0.2) is 0 Å². The van der Waals surface area contributed by atoms with Crippen molar-refractivity contribution in [3.63, 3.8) is 0 Å². The molecule has 0 aromatic heterocycles. The first kappa shape index (κ1) is 29.5. The molecule has 0 aliphatic carbocycles. The number of nitrogens with one attached hydrogen (secondary N) is 1. The zero-order valence-electron chi connectivity index (χ0n) is 22.9. The third-order valence-electron chi connectivity index (χ3n) is 6.25. The fraction of sp³-hybridized carbons (Fsp3) is 0.310. The van der Waals surface area contributed by atoms with Crippen LogP contribution in [0.25, 0.3) is 0 Å². The molecule has 0 saturated carbocycles. The Kier molecular flexibility index (Phi) is 9.95. The van der Waals surface area contributed by atoms with Crippen LogP contribution in [-0.4, -0.2) is 58.5 Å². The van der Waals surface area contributed by atoms with Crippen molar-refractivity contribution in [3.05, 3.63) is 83.9 Å². The molecule has 39 heavy (non-hydrogen) atoms. The third kappa shape index (κ3) is 7.29. The van der Waals surface area contributed by atoms with E-state index in [9.17, 15) is 18.0 Å². The van der Waals surface area contributed by atoms with Crippen molar-refractivity contribution in [2.24, 2.45) is 0 Å². The van der Waals surface area contributed by atoms with Crippen LogP contribution in [0.4, 0.5) is 5.69 Å². The van der Waals surface area contributed by atoms with E-state index < -0.39 is 28.5 Å². The lowest BCUT2D eigenvalue weighted by molar-refractivity contribution is -0.139. The smallest absolute Gasteiger partial charge is 0.264 e. The van der Waals surface area contributed by atoms with Crippen LogP contribution in [-0.2, 0) is 26.2 Å². The lowest BCUT2D eigenvalue weighted by Gasteiger charge is -2.31. The fourth-order valence-corrected chi connectivity index (χ4v) is 5.37. The second-order valence-corrected chi connectivity index (χ2v) is 10.8. The summed E-state index contributed by atoms with van der Waals surface area (Å²) in [5.74, 6) is 0.328. The molecule has 0 aliphatic rings. The van der Waals surface area contributed by atoms with Crippen molar-refractivity contribution in [1.29, 1.82) is 0 Å². The molecule has 3 aromatic carbocycles. The predicted octanol–water partition coefficient (Wildman–Crippen LogP) is 3.76. The van der Waals surface area contributed by atoms with E-state index >= 15 is 0 Å². The van der Waals surface area contributed by atoms with Gasteiger partial charge in [0.05, 0.1) is 24.3 Å². The third-order valence-corrected chi connectivity index (χ3v) is 8.04. The van der Waals surface area contributed by atoms with Crippen LogP contribution >= 0.6 is 0 Å². The number of amides is 2. The Morgan fingerprint density at radius 1 is 0.923 bits per heavy atom. The van der Waals surface area contributed by atoms with Crippen LogP contribution in [0.5, 0.6) is 11.5 Å². The van der Waals surface area contributed by atoms with Crippen LogP contribution in [0.15, 0.2) is 77.7 Å². The van der Waals surface area contributed by atoms with Crippen molar-refractivity contribution in [3.8, 4) is 11.5 Å². The van der Waals surface area contributed by atoms with Crippen LogP contribution in [0.2, 0.25) is 0 Å². The summed E-state index contributed by atoms with van der Waals surface area (Å²) in [6.07, 6.45) is 0. The van der Waals surface area contributed by atoms with Crippen molar-refractivity contribution in [1.82, 2.24) is 10.2 Å². The summed E-state index contributed by atoms with van der Waals surface area (Å²) in [4.78, 5) is 27.8. The lowest BCUT2D eigenvalue weighted by atomic mass is 10.1. The zero-order chi connectivity index (χ0) is 28.6. The highest BCUT2D eigenvalue weighted by Gasteiger charge is 2.32. The number of carbonyl (C=O) groups is 2. The first-order valence-electron chi connectivity index (χ1n) is 12.6. The first-order valence-corrected chi connectivity index (χ1v) is 14.0. The van der Waals surface area contributed by atoms with Gasteiger partial charge in [-0.25, -0.2) is 8.42 Å². The van der Waals surface area contributed by atoms with Gasteiger partial charge in [-0.15, -0.1) is 0 Å². The van der Waals surface area contributed by atoms with Crippen molar-refractivity contribution < 1.29 is 27.5 Å². The normalized spacial score (nSPS) is 11.8. The van der Waals surface area contributed by atoms with E-state index in [-0.39, 0.29) is 17.3 Å². The second-order valence-electron chi connectivity index (χ2n) is 8.91. The number of methoxy groups -OCH3 is 1. The van der Waals surface area contributed by atoms with E-state index in [4.69, 9.17) is 9.47 Å². The van der Waals surface area contributed by atoms with Gasteiger partial charge >= 0.3 is 0 Å². The maximum atomic E-state index is 13.8. The number of benzene rings is 3. The van der Waals surface area contributed by atoms with E-state index in [1.165, 1.54) is 24.1 Å². The Morgan fingerprint density at radius 3 is 2.05 bits per heavy atom. The summed E-state index contributed by atoms with van der Waals surface area (Å²) in [5.41, 5.74) is 1.96. The Balaban J connectivity index is 2.01. The van der Waals surface area contributed by atoms with E-state index in [2.05, 4.69) is 5.32 Å². The van der Waals surface area contributed by atoms with Gasteiger partial charge < -0.3 is 19.7 Å². The number of rotatable bonds is 12. The largest absolute Gasteiger partial charge is 0.497 e. The molecule has 0 aliphatic heterocycles. The molecule has 1 N–H and O–H groups in total. The molecule has 3 rings (SSSR count). The molecule has 1 atom stereocenters. The summed E-state index contributed by atoms with van der Waals surface area (Å²) in [7, 11) is -1.08. The molecular weight excluding hydrogens is 518 g/mol. The van der Waals surface area contributed by atoms with Gasteiger partial charge in [-0.3, -0.25) is 13.9 Å². The molecule has 0 saturated heterocycles. The second kappa shape index (κ2) is 13.1. The van der Waals surface area contributed by atoms with Crippen LogP contribution < -0.4 is 19.1 Å². The fourth-order valence-electron chi connectivity index (χ4n) is 3.96. The minimum atomic E-state index is -4.13. The molecule has 0 spiro atoms. The monoisotopic (exact) mass is 553 g/mol. The first-order chi connectivity index (χ1) is 18.6. The average molecular weight is 554 g/mol. The Morgan fingerprint density at radius 2 is 1.51 bits per heavy atom. The quantitative estimate of drug-likeness (QED) is 0.366. The molecule has 0 fully saturated rings. The Bertz CT molecular complexity index is 1360. The maximum Gasteiger partial charge on any atom is 0.264 e. The molecule has 0 radical (unpaired) electrons. The number of likely N-dealkylation sites (N-methyl/N-ethyl adjacent to an activating group) is 1. The summed E-state index contributed by atoms with van der Waals surface area (Å²) < 4.78 is 39.4. The summed E-state index contributed by atoms with van der Waals surface area (Å²) >= 11 is 0. The minimum Gasteiger partial charge on any atom is -0.497 e. The molecule has 0 heterocycles.